The molecule has 1 aromatic rings. The molecule has 0 radical (unpaired) electrons. The van der Waals surface area contributed by atoms with Crippen LogP contribution in [0.1, 0.15) is 24.3 Å². The quantitative estimate of drug-likeness (QED) is 0.858. The molecule has 94 valence electrons. The van der Waals surface area contributed by atoms with Crippen molar-refractivity contribution in [3.63, 3.8) is 0 Å². The molecule has 0 aliphatic carbocycles. The molecule has 1 saturated heterocycles. The molecule has 1 atom stereocenters. The molecule has 0 spiro atoms. The second-order valence-corrected chi connectivity index (χ2v) is 5.09. The van der Waals surface area contributed by atoms with Crippen LogP contribution in [0.3, 0.4) is 0 Å². The summed E-state index contributed by atoms with van der Waals surface area (Å²) in [4.78, 5) is 6.55. The summed E-state index contributed by atoms with van der Waals surface area (Å²) < 4.78 is 0. The molecule has 1 N–H and O–H groups in total. The number of likely N-dealkylation sites (N-methyl/N-ethyl adjacent to an activating group) is 1. The summed E-state index contributed by atoms with van der Waals surface area (Å²) in [6, 6.07) is 4.33. The molecule has 17 heavy (non-hydrogen) atoms. The number of nitrogens with zero attached hydrogens (tertiary/aromatic N) is 2. The van der Waals surface area contributed by atoms with Crippen LogP contribution < -0.4 is 5.32 Å². The number of hydrogen-bond donors (Lipinski definition) is 1. The van der Waals surface area contributed by atoms with Crippen molar-refractivity contribution in [2.24, 2.45) is 5.92 Å². The lowest BCUT2D eigenvalue weighted by atomic mass is 9.80. The highest BCUT2D eigenvalue weighted by Crippen LogP contribution is 2.31. The third kappa shape index (κ3) is 3.27. The fraction of sp³-hybridized carbons (Fsp3) is 0.643. The van der Waals surface area contributed by atoms with Crippen LogP contribution in [0.4, 0.5) is 0 Å². The van der Waals surface area contributed by atoms with E-state index in [1.165, 1.54) is 31.5 Å². The fourth-order valence-corrected chi connectivity index (χ4v) is 2.82. The largest absolute Gasteiger partial charge is 0.319 e. The lowest BCUT2D eigenvalue weighted by Crippen LogP contribution is -2.35. The van der Waals surface area contributed by atoms with Crippen LogP contribution in [0.25, 0.3) is 0 Å². The molecule has 1 unspecified atom stereocenters. The topological polar surface area (TPSA) is 28.2 Å². The van der Waals surface area contributed by atoms with E-state index >= 15 is 0 Å². The average molecular weight is 233 g/mol. The highest BCUT2D eigenvalue weighted by atomic mass is 15.1. The monoisotopic (exact) mass is 233 g/mol. The summed E-state index contributed by atoms with van der Waals surface area (Å²) in [5.74, 6) is 1.44. The standard InChI is InChI=1S/C14H23N3/c1-15-11-14(12-3-7-16-8-4-12)13-5-9-17(2)10-6-13/h3-4,7-8,13-15H,5-6,9-11H2,1-2H3. The van der Waals surface area contributed by atoms with Crippen LogP contribution >= 0.6 is 0 Å². The van der Waals surface area contributed by atoms with Gasteiger partial charge in [0.05, 0.1) is 0 Å². The third-order valence-corrected chi connectivity index (χ3v) is 3.89. The highest BCUT2D eigenvalue weighted by molar-refractivity contribution is 5.17. The van der Waals surface area contributed by atoms with Gasteiger partial charge in [-0.15, -0.1) is 0 Å². The van der Waals surface area contributed by atoms with Gasteiger partial charge in [-0.25, -0.2) is 0 Å². The van der Waals surface area contributed by atoms with E-state index in [0.717, 1.165) is 12.5 Å². The van der Waals surface area contributed by atoms with Crippen LogP contribution in [0, 0.1) is 5.92 Å². The van der Waals surface area contributed by atoms with Gasteiger partial charge >= 0.3 is 0 Å². The Hall–Kier alpha value is -0.930. The van der Waals surface area contributed by atoms with Crippen molar-refractivity contribution in [2.45, 2.75) is 18.8 Å². The second-order valence-electron chi connectivity index (χ2n) is 5.09. The maximum atomic E-state index is 4.12. The molecule has 3 nitrogen and oxygen atoms in total. The van der Waals surface area contributed by atoms with Crippen molar-refractivity contribution in [3.8, 4) is 0 Å². The minimum absolute atomic E-state index is 0.636. The number of likely N-dealkylation sites (tertiary alicyclic amines) is 1. The van der Waals surface area contributed by atoms with E-state index in [0.29, 0.717) is 5.92 Å². The van der Waals surface area contributed by atoms with E-state index in [1.54, 1.807) is 0 Å². The summed E-state index contributed by atoms with van der Waals surface area (Å²) >= 11 is 0. The molecule has 0 saturated carbocycles. The number of aromatic nitrogens is 1. The van der Waals surface area contributed by atoms with Gasteiger partial charge in [0.15, 0.2) is 0 Å². The smallest absolute Gasteiger partial charge is 0.0270 e. The van der Waals surface area contributed by atoms with Crippen LogP contribution in [0.15, 0.2) is 24.5 Å². The van der Waals surface area contributed by atoms with Crippen LogP contribution in [0.2, 0.25) is 0 Å². The van der Waals surface area contributed by atoms with Crippen molar-refractivity contribution in [1.82, 2.24) is 15.2 Å². The maximum Gasteiger partial charge on any atom is 0.0270 e. The average Bonchev–Trinajstić information content (AvgIpc) is 2.38. The maximum absolute atomic E-state index is 4.12. The van der Waals surface area contributed by atoms with Gasteiger partial charge in [0, 0.05) is 18.9 Å². The van der Waals surface area contributed by atoms with Gasteiger partial charge in [-0.05, 0) is 69.6 Å². The first-order chi connectivity index (χ1) is 8.31. The van der Waals surface area contributed by atoms with Crippen LogP contribution in [-0.4, -0.2) is 43.6 Å². The molecule has 1 aromatic heterocycles. The lowest BCUT2D eigenvalue weighted by molar-refractivity contribution is 0.197. The Morgan fingerprint density at radius 2 is 2.00 bits per heavy atom. The van der Waals surface area contributed by atoms with Crippen molar-refractivity contribution < 1.29 is 0 Å². The predicted molar refractivity (Wildman–Crippen MR) is 71.1 cm³/mol. The van der Waals surface area contributed by atoms with Gasteiger partial charge in [-0.1, -0.05) is 0 Å². The van der Waals surface area contributed by atoms with E-state index in [1.807, 2.05) is 19.4 Å². The van der Waals surface area contributed by atoms with Crippen molar-refractivity contribution in [2.75, 3.05) is 33.7 Å². The van der Waals surface area contributed by atoms with Crippen LogP contribution in [-0.2, 0) is 0 Å². The zero-order chi connectivity index (χ0) is 12.1. The first-order valence-electron chi connectivity index (χ1n) is 6.54. The van der Waals surface area contributed by atoms with Gasteiger partial charge < -0.3 is 10.2 Å². The minimum Gasteiger partial charge on any atom is -0.319 e. The summed E-state index contributed by atoms with van der Waals surface area (Å²) in [7, 11) is 4.26. The SMILES string of the molecule is CNCC(c1ccncc1)C1CCN(C)CC1. The van der Waals surface area contributed by atoms with Crippen molar-refractivity contribution in [1.29, 1.82) is 0 Å². The lowest BCUT2D eigenvalue weighted by Gasteiger charge is -2.34. The molecular weight excluding hydrogens is 210 g/mol. The first-order valence-corrected chi connectivity index (χ1v) is 6.54. The summed E-state index contributed by atoms with van der Waals surface area (Å²) in [5, 5.41) is 3.34. The molecule has 2 rings (SSSR count). The molecule has 1 aliphatic rings. The number of pyridine rings is 1. The number of nitrogens with one attached hydrogen (secondary N) is 1. The minimum atomic E-state index is 0.636. The molecule has 1 aliphatic heterocycles. The summed E-state index contributed by atoms with van der Waals surface area (Å²) in [6.07, 6.45) is 6.44. The zero-order valence-corrected chi connectivity index (χ0v) is 10.9. The molecule has 1 fully saturated rings. The normalized spacial score (nSPS) is 20.4. The molecule has 0 aromatic carbocycles. The van der Waals surface area contributed by atoms with E-state index in [-0.39, 0.29) is 0 Å². The van der Waals surface area contributed by atoms with Gasteiger partial charge in [-0.2, -0.15) is 0 Å². The molecular formula is C14H23N3. The van der Waals surface area contributed by atoms with Gasteiger partial charge in [0.2, 0.25) is 0 Å². The van der Waals surface area contributed by atoms with Gasteiger partial charge in [-0.3, -0.25) is 4.98 Å². The van der Waals surface area contributed by atoms with Crippen molar-refractivity contribution in [3.05, 3.63) is 30.1 Å². The van der Waals surface area contributed by atoms with Crippen molar-refractivity contribution >= 4 is 0 Å². The molecule has 2 heterocycles. The summed E-state index contributed by atoms with van der Waals surface area (Å²) in [5.41, 5.74) is 1.43. The molecule has 0 amide bonds. The van der Waals surface area contributed by atoms with E-state index in [2.05, 4.69) is 34.4 Å². The Bertz CT molecular complexity index is 317. The second kappa shape index (κ2) is 6.12. The fourth-order valence-electron chi connectivity index (χ4n) is 2.82. The Morgan fingerprint density at radius 1 is 1.35 bits per heavy atom. The van der Waals surface area contributed by atoms with Crippen LogP contribution in [0.5, 0.6) is 0 Å². The highest BCUT2D eigenvalue weighted by Gasteiger charge is 2.25. The first kappa shape index (κ1) is 12.5. The Labute approximate surface area is 104 Å². The zero-order valence-electron chi connectivity index (χ0n) is 10.9. The Kier molecular flexibility index (Phi) is 4.51. The van der Waals surface area contributed by atoms with Gasteiger partial charge in [0.25, 0.3) is 0 Å². The predicted octanol–water partition coefficient (Wildman–Crippen LogP) is 1.73. The molecule has 0 bridgehead atoms. The van der Waals surface area contributed by atoms with E-state index in [4.69, 9.17) is 0 Å². The molecule has 3 heteroatoms. The van der Waals surface area contributed by atoms with E-state index in [9.17, 15) is 0 Å². The van der Waals surface area contributed by atoms with Gasteiger partial charge in [0.1, 0.15) is 0 Å². The third-order valence-electron chi connectivity index (χ3n) is 3.89. The number of hydrogen-bond acceptors (Lipinski definition) is 3. The van der Waals surface area contributed by atoms with E-state index < -0.39 is 0 Å². The number of piperidine rings is 1. The number of rotatable bonds is 4. The summed E-state index contributed by atoms with van der Waals surface area (Å²) in [6.45, 7) is 3.53. The Balaban J connectivity index is 2.07. The Morgan fingerprint density at radius 3 is 2.59 bits per heavy atom.